The molecule has 1 aromatic heterocycles. The topological polar surface area (TPSA) is 67.1 Å². The van der Waals surface area contributed by atoms with Gasteiger partial charge in [0.25, 0.3) is 0 Å². The average Bonchev–Trinajstić information content (AvgIpc) is 2.59. The normalized spacial score (nSPS) is 10.4. The minimum Gasteiger partial charge on any atom is -0.393 e. The molecule has 3 N–H and O–H groups in total. The van der Waals surface area contributed by atoms with E-state index in [1.807, 2.05) is 54.4 Å². The number of hydrogen-bond acceptors (Lipinski definition) is 5. The second-order valence-corrected chi connectivity index (χ2v) is 5.79. The van der Waals surface area contributed by atoms with Gasteiger partial charge < -0.3 is 16.0 Å². The third-order valence-electron chi connectivity index (χ3n) is 3.80. The molecule has 0 unspecified atom stereocenters. The van der Waals surface area contributed by atoms with Crippen LogP contribution in [0.5, 0.6) is 0 Å². The molecule has 0 radical (unpaired) electrons. The highest BCUT2D eigenvalue weighted by atomic mass is 15.2. The van der Waals surface area contributed by atoms with Crippen molar-refractivity contribution in [2.45, 2.75) is 13.5 Å². The monoisotopic (exact) mass is 319 g/mol. The van der Waals surface area contributed by atoms with Crippen molar-refractivity contribution in [3.8, 4) is 0 Å². The van der Waals surface area contributed by atoms with Gasteiger partial charge in [-0.1, -0.05) is 48.0 Å². The van der Waals surface area contributed by atoms with E-state index in [4.69, 9.17) is 5.73 Å². The molecule has 3 rings (SSSR count). The van der Waals surface area contributed by atoms with Crippen LogP contribution in [-0.4, -0.2) is 17.0 Å². The van der Waals surface area contributed by atoms with Gasteiger partial charge in [0, 0.05) is 19.3 Å². The highest BCUT2D eigenvalue weighted by molar-refractivity contribution is 5.78. The zero-order chi connectivity index (χ0) is 16.9. The van der Waals surface area contributed by atoms with Crippen LogP contribution in [0.25, 0.3) is 0 Å². The maximum atomic E-state index is 6.29. The Morgan fingerprint density at radius 1 is 1.00 bits per heavy atom. The van der Waals surface area contributed by atoms with E-state index in [9.17, 15) is 0 Å². The van der Waals surface area contributed by atoms with Gasteiger partial charge in [0.1, 0.15) is 12.0 Å². The van der Waals surface area contributed by atoms with Crippen molar-refractivity contribution in [2.24, 2.45) is 0 Å². The van der Waals surface area contributed by atoms with E-state index in [-0.39, 0.29) is 0 Å². The first-order valence-corrected chi connectivity index (χ1v) is 7.82. The molecule has 0 saturated heterocycles. The van der Waals surface area contributed by atoms with E-state index in [1.54, 1.807) is 0 Å². The minimum absolute atomic E-state index is 0.538. The van der Waals surface area contributed by atoms with Crippen LogP contribution in [0, 0.1) is 6.92 Å². The molecule has 3 aromatic rings. The summed E-state index contributed by atoms with van der Waals surface area (Å²) < 4.78 is 0. The highest BCUT2D eigenvalue weighted by Gasteiger charge is 2.12. The number of benzene rings is 2. The molecule has 0 fully saturated rings. The number of rotatable bonds is 5. The van der Waals surface area contributed by atoms with Gasteiger partial charge in [-0.3, -0.25) is 0 Å². The summed E-state index contributed by atoms with van der Waals surface area (Å²) in [5, 5.41) is 3.26. The van der Waals surface area contributed by atoms with Crippen molar-refractivity contribution in [3.63, 3.8) is 0 Å². The van der Waals surface area contributed by atoms with Crippen LogP contribution >= 0.6 is 0 Å². The fourth-order valence-corrected chi connectivity index (χ4v) is 2.50. The first kappa shape index (κ1) is 15.8. The fourth-order valence-electron chi connectivity index (χ4n) is 2.50. The molecule has 0 atom stereocenters. The lowest BCUT2D eigenvalue weighted by atomic mass is 10.2. The van der Waals surface area contributed by atoms with Gasteiger partial charge in [0.15, 0.2) is 11.6 Å². The van der Waals surface area contributed by atoms with Crippen LogP contribution in [0.3, 0.4) is 0 Å². The smallest absolute Gasteiger partial charge is 0.159 e. The Morgan fingerprint density at radius 2 is 1.71 bits per heavy atom. The third kappa shape index (κ3) is 3.63. The number of nitrogens with one attached hydrogen (secondary N) is 1. The Kier molecular flexibility index (Phi) is 4.61. The number of anilines is 4. The van der Waals surface area contributed by atoms with Crippen LogP contribution in [-0.2, 0) is 6.54 Å². The number of aryl methyl sites for hydroxylation is 1. The predicted molar refractivity (Wildman–Crippen MR) is 99.5 cm³/mol. The molecule has 0 saturated carbocycles. The number of aromatic nitrogens is 2. The van der Waals surface area contributed by atoms with Gasteiger partial charge in [-0.2, -0.15) is 0 Å². The summed E-state index contributed by atoms with van der Waals surface area (Å²) in [6.45, 7) is 2.78. The first-order chi connectivity index (χ1) is 11.6. The molecule has 5 heteroatoms. The van der Waals surface area contributed by atoms with Crippen LogP contribution < -0.4 is 16.0 Å². The Bertz CT molecular complexity index is 800. The maximum Gasteiger partial charge on any atom is 0.159 e. The van der Waals surface area contributed by atoms with Crippen molar-refractivity contribution in [1.29, 1.82) is 0 Å². The van der Waals surface area contributed by atoms with Crippen molar-refractivity contribution in [2.75, 3.05) is 23.0 Å². The summed E-state index contributed by atoms with van der Waals surface area (Å²) in [7, 11) is 1.97. The summed E-state index contributed by atoms with van der Waals surface area (Å²) in [5.74, 6) is 1.33. The lowest BCUT2D eigenvalue weighted by molar-refractivity contribution is 0.894. The maximum absolute atomic E-state index is 6.29. The molecule has 0 spiro atoms. The van der Waals surface area contributed by atoms with Gasteiger partial charge in [-0.15, -0.1) is 0 Å². The van der Waals surface area contributed by atoms with E-state index in [1.165, 1.54) is 17.5 Å². The fraction of sp³-hybridized carbons (Fsp3) is 0.158. The molecule has 122 valence electrons. The SMILES string of the molecule is Cc1ccc(Nc2ncnc(N(C)Cc3ccccc3)c2N)cc1. The summed E-state index contributed by atoms with van der Waals surface area (Å²) in [6.07, 6.45) is 1.53. The molecule has 0 bridgehead atoms. The molecule has 0 aliphatic carbocycles. The summed E-state index contributed by atoms with van der Waals surface area (Å²) >= 11 is 0. The molecule has 0 aliphatic heterocycles. The van der Waals surface area contributed by atoms with Crippen LogP contribution in [0.4, 0.5) is 23.0 Å². The molecule has 5 nitrogen and oxygen atoms in total. The van der Waals surface area contributed by atoms with Gasteiger partial charge in [0.05, 0.1) is 0 Å². The largest absolute Gasteiger partial charge is 0.393 e. The standard InChI is InChI=1S/C19H21N5/c1-14-8-10-16(11-9-14)23-18-17(20)19(22-13-21-18)24(2)12-15-6-4-3-5-7-15/h3-11,13H,12,20H2,1-2H3,(H,21,22,23). The quantitative estimate of drug-likeness (QED) is 0.750. The van der Waals surface area contributed by atoms with Crippen LogP contribution in [0.15, 0.2) is 60.9 Å². The van der Waals surface area contributed by atoms with Crippen molar-refractivity contribution >= 4 is 23.0 Å². The zero-order valence-corrected chi connectivity index (χ0v) is 13.9. The van der Waals surface area contributed by atoms with E-state index in [0.29, 0.717) is 17.3 Å². The summed E-state index contributed by atoms with van der Waals surface area (Å²) in [6, 6.07) is 18.3. The van der Waals surface area contributed by atoms with E-state index in [2.05, 4.69) is 34.3 Å². The highest BCUT2D eigenvalue weighted by Crippen LogP contribution is 2.28. The lowest BCUT2D eigenvalue weighted by Crippen LogP contribution is -2.20. The Balaban J connectivity index is 1.81. The first-order valence-electron chi connectivity index (χ1n) is 7.82. The van der Waals surface area contributed by atoms with Gasteiger partial charge in [0.2, 0.25) is 0 Å². The number of hydrogen-bond donors (Lipinski definition) is 2. The van der Waals surface area contributed by atoms with Crippen molar-refractivity contribution < 1.29 is 0 Å². The van der Waals surface area contributed by atoms with Crippen LogP contribution in [0.2, 0.25) is 0 Å². The van der Waals surface area contributed by atoms with Crippen molar-refractivity contribution in [3.05, 3.63) is 72.1 Å². The average molecular weight is 319 g/mol. The second kappa shape index (κ2) is 7.00. The third-order valence-corrected chi connectivity index (χ3v) is 3.80. The summed E-state index contributed by atoms with van der Waals surface area (Å²) in [4.78, 5) is 10.6. The molecular weight excluding hydrogens is 298 g/mol. The minimum atomic E-state index is 0.538. The predicted octanol–water partition coefficient (Wildman–Crippen LogP) is 3.75. The van der Waals surface area contributed by atoms with Gasteiger partial charge in [-0.25, -0.2) is 9.97 Å². The molecule has 0 amide bonds. The molecule has 0 aliphatic rings. The summed E-state index contributed by atoms with van der Waals surface area (Å²) in [5.41, 5.74) is 10.2. The van der Waals surface area contributed by atoms with E-state index in [0.717, 1.165) is 12.2 Å². The van der Waals surface area contributed by atoms with E-state index < -0.39 is 0 Å². The molecular formula is C19H21N5. The Hall–Kier alpha value is -3.08. The molecule has 24 heavy (non-hydrogen) atoms. The second-order valence-electron chi connectivity index (χ2n) is 5.79. The molecule has 1 heterocycles. The lowest BCUT2D eigenvalue weighted by Gasteiger charge is -2.21. The Labute approximate surface area is 142 Å². The van der Waals surface area contributed by atoms with E-state index >= 15 is 0 Å². The van der Waals surface area contributed by atoms with Gasteiger partial charge in [-0.05, 0) is 24.6 Å². The number of nitrogen functional groups attached to an aromatic ring is 1. The Morgan fingerprint density at radius 3 is 2.42 bits per heavy atom. The van der Waals surface area contributed by atoms with Crippen molar-refractivity contribution in [1.82, 2.24) is 9.97 Å². The molecule has 2 aromatic carbocycles. The van der Waals surface area contributed by atoms with Crippen LogP contribution in [0.1, 0.15) is 11.1 Å². The van der Waals surface area contributed by atoms with Gasteiger partial charge >= 0.3 is 0 Å². The zero-order valence-electron chi connectivity index (χ0n) is 13.9. The number of nitrogens with two attached hydrogens (primary N) is 1. The number of nitrogens with zero attached hydrogens (tertiary/aromatic N) is 3.